The lowest BCUT2D eigenvalue weighted by Gasteiger charge is -2.12. The normalized spacial score (nSPS) is 12.2. The maximum Gasteiger partial charge on any atom is 0.306 e. The van der Waals surface area contributed by atoms with Crippen LogP contribution in [0.4, 0.5) is 0 Å². The first-order valence-corrected chi connectivity index (χ1v) is 12.0. The van der Waals surface area contributed by atoms with Crippen molar-refractivity contribution in [3.05, 3.63) is 35.9 Å². The minimum Gasteiger partial charge on any atom is -0.481 e. The molecule has 160 valence electrons. The Morgan fingerprint density at radius 3 is 1.68 bits per heavy atom. The van der Waals surface area contributed by atoms with Gasteiger partial charge in [0.1, 0.15) is 0 Å². The van der Waals surface area contributed by atoms with Crippen molar-refractivity contribution in [3.63, 3.8) is 0 Å². The lowest BCUT2D eigenvalue weighted by Crippen LogP contribution is -2.14. The van der Waals surface area contributed by atoms with Crippen molar-refractivity contribution >= 4 is 5.97 Å². The number of carboxylic acid groups (broad SMARTS) is 1. The highest BCUT2D eigenvalue weighted by molar-refractivity contribution is 5.69. The Kier molecular flexibility index (Phi) is 15.7. The summed E-state index contributed by atoms with van der Waals surface area (Å²) < 4.78 is 0. The lowest BCUT2D eigenvalue weighted by molar-refractivity contribution is -0.142. The molecule has 0 fully saturated rings. The molecule has 0 heterocycles. The smallest absolute Gasteiger partial charge is 0.306 e. The van der Waals surface area contributed by atoms with Crippen molar-refractivity contribution in [1.82, 2.24) is 0 Å². The molecule has 0 amide bonds. The van der Waals surface area contributed by atoms with Gasteiger partial charge in [-0.05, 0) is 31.2 Å². The molecule has 0 aliphatic heterocycles. The van der Waals surface area contributed by atoms with Gasteiger partial charge in [-0.2, -0.15) is 0 Å². The van der Waals surface area contributed by atoms with Crippen LogP contribution in [-0.2, 0) is 11.2 Å². The van der Waals surface area contributed by atoms with Crippen LogP contribution in [-0.4, -0.2) is 11.1 Å². The molecule has 0 bridgehead atoms. The molecule has 1 N–H and O–H groups in total. The minimum absolute atomic E-state index is 0.156. The van der Waals surface area contributed by atoms with Gasteiger partial charge in [-0.25, -0.2) is 0 Å². The molecule has 2 heteroatoms. The van der Waals surface area contributed by atoms with E-state index >= 15 is 0 Å². The number of carbonyl (C=O) groups is 1. The lowest BCUT2D eigenvalue weighted by atomic mass is 9.94. The van der Waals surface area contributed by atoms with Gasteiger partial charge in [0.15, 0.2) is 0 Å². The monoisotopic (exact) mass is 388 g/mol. The van der Waals surface area contributed by atoms with Gasteiger partial charge in [0.2, 0.25) is 0 Å². The Bertz CT molecular complexity index is 469. The van der Waals surface area contributed by atoms with Crippen LogP contribution in [0, 0.1) is 5.92 Å². The summed E-state index contributed by atoms with van der Waals surface area (Å²) in [5.74, 6) is -0.761. The Labute approximate surface area is 174 Å². The first kappa shape index (κ1) is 24.7. The van der Waals surface area contributed by atoms with Crippen molar-refractivity contribution < 1.29 is 9.90 Å². The van der Waals surface area contributed by atoms with Crippen LogP contribution in [0.3, 0.4) is 0 Å². The highest BCUT2D eigenvalue weighted by atomic mass is 16.4. The predicted molar refractivity (Wildman–Crippen MR) is 121 cm³/mol. The molecule has 1 unspecified atom stereocenters. The zero-order valence-electron chi connectivity index (χ0n) is 18.3. The van der Waals surface area contributed by atoms with Gasteiger partial charge < -0.3 is 5.11 Å². The van der Waals surface area contributed by atoms with E-state index in [2.05, 4.69) is 31.2 Å². The van der Waals surface area contributed by atoms with E-state index < -0.39 is 5.97 Å². The van der Waals surface area contributed by atoms with Gasteiger partial charge in [-0.15, -0.1) is 0 Å². The van der Waals surface area contributed by atoms with Crippen molar-refractivity contribution in [2.24, 2.45) is 5.92 Å². The molecule has 28 heavy (non-hydrogen) atoms. The average molecular weight is 389 g/mol. The number of hydrogen-bond donors (Lipinski definition) is 1. The van der Waals surface area contributed by atoms with Gasteiger partial charge in [0.05, 0.1) is 5.92 Å². The maximum atomic E-state index is 11.5. The van der Waals surface area contributed by atoms with Crippen molar-refractivity contribution in [2.45, 2.75) is 116 Å². The van der Waals surface area contributed by atoms with Crippen LogP contribution in [0.1, 0.15) is 115 Å². The van der Waals surface area contributed by atoms with Crippen LogP contribution in [0.5, 0.6) is 0 Å². The van der Waals surface area contributed by atoms with Crippen LogP contribution in [0.2, 0.25) is 0 Å². The number of unbranched alkanes of at least 4 members (excludes halogenated alkanes) is 12. The third-order valence-electron chi connectivity index (χ3n) is 5.87. The second kappa shape index (κ2) is 17.8. The standard InChI is InChI=1S/C26H44O2/c1-2-3-4-5-6-7-8-9-10-11-12-13-17-22-25(26(27)28)23-18-21-24-19-15-14-16-20-24/h14-16,19-20,25H,2-13,17-18,21-23H2,1H3,(H,27,28). The van der Waals surface area contributed by atoms with E-state index in [1.165, 1.54) is 82.6 Å². The zero-order valence-corrected chi connectivity index (χ0v) is 18.3. The average Bonchev–Trinajstić information content (AvgIpc) is 2.70. The molecular weight excluding hydrogens is 344 g/mol. The van der Waals surface area contributed by atoms with E-state index in [1.807, 2.05) is 6.07 Å². The fourth-order valence-corrected chi connectivity index (χ4v) is 4.00. The molecule has 0 radical (unpaired) electrons. The topological polar surface area (TPSA) is 37.3 Å². The van der Waals surface area contributed by atoms with E-state index in [0.29, 0.717) is 0 Å². The predicted octanol–water partition coefficient (Wildman–Crippen LogP) is 8.19. The van der Waals surface area contributed by atoms with Crippen molar-refractivity contribution in [1.29, 1.82) is 0 Å². The molecule has 0 spiro atoms. The molecule has 2 nitrogen and oxygen atoms in total. The summed E-state index contributed by atoms with van der Waals surface area (Å²) in [5, 5.41) is 9.46. The zero-order chi connectivity index (χ0) is 20.3. The summed E-state index contributed by atoms with van der Waals surface area (Å²) in [6.07, 6.45) is 21.0. The summed E-state index contributed by atoms with van der Waals surface area (Å²) in [6, 6.07) is 10.4. The maximum absolute atomic E-state index is 11.5. The number of aryl methyl sites for hydroxylation is 1. The van der Waals surface area contributed by atoms with E-state index in [4.69, 9.17) is 0 Å². The van der Waals surface area contributed by atoms with Crippen molar-refractivity contribution in [3.8, 4) is 0 Å². The molecule has 0 saturated carbocycles. The van der Waals surface area contributed by atoms with Gasteiger partial charge in [-0.3, -0.25) is 4.79 Å². The Balaban J connectivity index is 1.94. The summed E-state index contributed by atoms with van der Waals surface area (Å²) in [7, 11) is 0. The number of carboxylic acids is 1. The highest BCUT2D eigenvalue weighted by Gasteiger charge is 2.16. The Morgan fingerprint density at radius 1 is 0.714 bits per heavy atom. The van der Waals surface area contributed by atoms with E-state index in [9.17, 15) is 9.90 Å². The van der Waals surface area contributed by atoms with Gasteiger partial charge >= 0.3 is 5.97 Å². The van der Waals surface area contributed by atoms with Crippen LogP contribution in [0.25, 0.3) is 0 Å². The third kappa shape index (κ3) is 13.8. The molecule has 0 saturated heterocycles. The van der Waals surface area contributed by atoms with E-state index in [1.54, 1.807) is 0 Å². The molecule has 1 aromatic carbocycles. The van der Waals surface area contributed by atoms with Crippen LogP contribution < -0.4 is 0 Å². The highest BCUT2D eigenvalue weighted by Crippen LogP contribution is 2.19. The molecule has 1 aromatic rings. The summed E-state index contributed by atoms with van der Waals surface area (Å²) in [6.45, 7) is 2.27. The summed E-state index contributed by atoms with van der Waals surface area (Å²) in [4.78, 5) is 11.5. The molecule has 1 rings (SSSR count). The summed E-state index contributed by atoms with van der Waals surface area (Å²) in [5.41, 5.74) is 1.31. The second-order valence-corrected chi connectivity index (χ2v) is 8.44. The fourth-order valence-electron chi connectivity index (χ4n) is 4.00. The number of aliphatic carboxylic acids is 1. The second-order valence-electron chi connectivity index (χ2n) is 8.44. The molecular formula is C26H44O2. The van der Waals surface area contributed by atoms with Gasteiger partial charge in [0, 0.05) is 0 Å². The first-order valence-electron chi connectivity index (χ1n) is 12.0. The van der Waals surface area contributed by atoms with E-state index in [-0.39, 0.29) is 5.92 Å². The fraction of sp³-hybridized carbons (Fsp3) is 0.731. The van der Waals surface area contributed by atoms with E-state index in [0.717, 1.165) is 32.1 Å². The SMILES string of the molecule is CCCCCCCCCCCCCCCC(CCCc1ccccc1)C(=O)O. The number of hydrogen-bond acceptors (Lipinski definition) is 1. The largest absolute Gasteiger partial charge is 0.481 e. The first-order chi connectivity index (χ1) is 13.7. The van der Waals surface area contributed by atoms with Gasteiger partial charge in [-0.1, -0.05) is 121 Å². The molecule has 0 aliphatic rings. The molecule has 0 aliphatic carbocycles. The quantitative estimate of drug-likeness (QED) is 0.242. The molecule has 1 atom stereocenters. The summed E-state index contributed by atoms with van der Waals surface area (Å²) >= 11 is 0. The Morgan fingerprint density at radius 2 is 1.18 bits per heavy atom. The number of rotatable bonds is 19. The number of benzene rings is 1. The van der Waals surface area contributed by atoms with Crippen molar-refractivity contribution in [2.75, 3.05) is 0 Å². The Hall–Kier alpha value is -1.31. The van der Waals surface area contributed by atoms with Crippen LogP contribution in [0.15, 0.2) is 30.3 Å². The van der Waals surface area contributed by atoms with Crippen LogP contribution >= 0.6 is 0 Å². The molecule has 0 aromatic heterocycles. The van der Waals surface area contributed by atoms with Gasteiger partial charge in [0.25, 0.3) is 0 Å². The minimum atomic E-state index is -0.605. The third-order valence-corrected chi connectivity index (χ3v) is 5.87.